The lowest BCUT2D eigenvalue weighted by Gasteiger charge is -2.16. The van der Waals surface area contributed by atoms with E-state index >= 15 is 0 Å². The Morgan fingerprint density at radius 1 is 1.71 bits per heavy atom. The molecule has 0 unspecified atom stereocenters. The number of rotatable bonds is 1. The van der Waals surface area contributed by atoms with Gasteiger partial charge in [0.15, 0.2) is 7.38 Å². The monoisotopic (exact) mass is 143 g/mol. The lowest BCUT2D eigenvalue weighted by molar-refractivity contribution is 1.03. The van der Waals surface area contributed by atoms with Gasteiger partial charge in [-0.2, -0.15) is 11.1 Å². The fraction of sp³-hybridized carbons (Fsp3) is 1.00. The molecule has 0 aromatic carbocycles. The van der Waals surface area contributed by atoms with Crippen molar-refractivity contribution in [1.82, 2.24) is 0 Å². The van der Waals surface area contributed by atoms with E-state index in [9.17, 15) is 0 Å². The van der Waals surface area contributed by atoms with Gasteiger partial charge in [0.2, 0.25) is 0 Å². The van der Waals surface area contributed by atoms with E-state index < -0.39 is 26.6 Å². The largest absolute Gasteiger partial charge is 0.167 e. The molecule has 0 amide bonds. The van der Waals surface area contributed by atoms with Gasteiger partial charge in [0, 0.05) is 9.60 Å². The first-order chi connectivity index (χ1) is 5.75. The molecule has 0 aromatic heterocycles. The molecule has 0 aromatic rings. The van der Waals surface area contributed by atoms with Crippen molar-refractivity contribution in [3.05, 3.63) is 0 Å². The lowest BCUT2D eigenvalue weighted by Crippen LogP contribution is -2.20. The van der Waals surface area contributed by atoms with E-state index in [0.29, 0.717) is 0 Å². The summed E-state index contributed by atoms with van der Waals surface area (Å²) in [7, 11) is -3.17. The maximum Gasteiger partial charge on any atom is 0.152 e. The van der Waals surface area contributed by atoms with Gasteiger partial charge in [-0.3, -0.25) is 0 Å². The summed E-state index contributed by atoms with van der Waals surface area (Å²) in [5.74, 6) is 0. The van der Waals surface area contributed by atoms with Crippen molar-refractivity contribution in [1.29, 1.82) is 0 Å². The Bertz CT molecular complexity index is 176. The van der Waals surface area contributed by atoms with Crippen LogP contribution < -0.4 is 0 Å². The highest BCUT2D eigenvalue weighted by Gasteiger charge is 2.20. The summed E-state index contributed by atoms with van der Waals surface area (Å²) in [5, 5.41) is 0. The van der Waals surface area contributed by atoms with Crippen LogP contribution in [0, 0.1) is 0 Å². The van der Waals surface area contributed by atoms with Crippen molar-refractivity contribution in [2.45, 2.75) is 32.3 Å². The second-order valence-electron chi connectivity index (χ2n) is 1.85. The van der Waals surface area contributed by atoms with Gasteiger partial charge in [-0.25, -0.2) is 0 Å². The van der Waals surface area contributed by atoms with Crippen LogP contribution >= 0.6 is 11.1 Å². The van der Waals surface area contributed by atoms with Gasteiger partial charge in [0.25, 0.3) is 0 Å². The van der Waals surface area contributed by atoms with E-state index in [0.717, 1.165) is 0 Å². The molecular formula is C5H13ClSi. The first kappa shape index (κ1) is 1.74. The third-order valence-corrected chi connectivity index (χ3v) is 2.35. The normalized spacial score (nSPS) is 32.7. The summed E-state index contributed by atoms with van der Waals surface area (Å²) in [5.41, 5.74) is -2.53. The highest BCUT2D eigenvalue weighted by atomic mass is 35.6. The van der Waals surface area contributed by atoms with Gasteiger partial charge in [-0.1, -0.05) is 26.8 Å². The lowest BCUT2D eigenvalue weighted by atomic mass is 10.6. The van der Waals surface area contributed by atoms with Crippen molar-refractivity contribution in [3.63, 3.8) is 0 Å². The zero-order valence-corrected chi connectivity index (χ0v) is 6.13. The molecule has 0 aliphatic carbocycles. The average molecular weight is 144 g/mol. The molecule has 44 valence electrons. The van der Waals surface area contributed by atoms with Gasteiger partial charge in [-0.15, -0.1) is 0 Å². The molecule has 2 heteroatoms. The molecular weight excluding hydrogens is 124 g/mol. The topological polar surface area (TPSA) is 0 Å². The first-order valence-electron chi connectivity index (χ1n) is 5.44. The van der Waals surface area contributed by atoms with Crippen LogP contribution in [0.2, 0.25) is 18.6 Å². The fourth-order valence-electron chi connectivity index (χ4n) is 0. The Hall–Kier alpha value is 0.507. The van der Waals surface area contributed by atoms with E-state index in [-0.39, 0.29) is 0 Å². The Morgan fingerprint density at radius 3 is 2.14 bits per heavy atom. The first-order valence-corrected chi connectivity index (χ1v) is 5.95. The highest BCUT2D eigenvalue weighted by Crippen LogP contribution is 2.23. The van der Waals surface area contributed by atoms with Crippen molar-refractivity contribution >= 4 is 18.5 Å². The summed E-state index contributed by atoms with van der Waals surface area (Å²) in [6, 6.07) is 0. The minimum Gasteiger partial charge on any atom is -0.167 e. The fourth-order valence-corrected chi connectivity index (χ4v) is 0. The molecule has 0 nitrogen and oxygen atoms in total. The molecule has 0 aliphatic rings. The summed E-state index contributed by atoms with van der Waals surface area (Å²) in [4.78, 5) is 0. The van der Waals surface area contributed by atoms with Gasteiger partial charge in [-0.05, 0) is 5.52 Å². The SMILES string of the molecule is [2H]C([2H])([2H])C([2H])(C([2H])([2H])[2H])[Si](C)(C)Cl. The number of hydrogen-bond donors (Lipinski definition) is 0. The summed E-state index contributed by atoms with van der Waals surface area (Å²) in [6.45, 7) is -3.06. The second kappa shape index (κ2) is 2.18. The predicted molar refractivity (Wildman–Crippen MR) is 38.4 cm³/mol. The van der Waals surface area contributed by atoms with Crippen molar-refractivity contribution in [2.24, 2.45) is 0 Å². The Morgan fingerprint density at radius 2 is 2.14 bits per heavy atom. The smallest absolute Gasteiger partial charge is 0.152 e. The standard InChI is InChI=1S/C5H13ClSi/c1-5(2)7(3,4)6/h5H,1-4H3/i1D3,2D3,5D. The zero-order valence-electron chi connectivity index (χ0n) is 11.4. The van der Waals surface area contributed by atoms with E-state index in [1.54, 1.807) is 0 Å². The summed E-state index contributed by atoms with van der Waals surface area (Å²) < 4.78 is 50.5. The van der Waals surface area contributed by atoms with Crippen LogP contribution in [0.3, 0.4) is 0 Å². The van der Waals surface area contributed by atoms with Gasteiger partial charge < -0.3 is 0 Å². The van der Waals surface area contributed by atoms with E-state index in [1.165, 1.54) is 13.1 Å². The minimum atomic E-state index is -3.17. The highest BCUT2D eigenvalue weighted by molar-refractivity contribution is 7.19. The molecule has 0 N–H and O–H groups in total. The number of hydrogen-bond acceptors (Lipinski definition) is 0. The van der Waals surface area contributed by atoms with Gasteiger partial charge in [0.05, 0.1) is 0 Å². The third-order valence-electron chi connectivity index (χ3n) is 0.594. The second-order valence-corrected chi connectivity index (χ2v) is 8.13. The number of halogens is 1. The molecule has 7 heavy (non-hydrogen) atoms. The van der Waals surface area contributed by atoms with Gasteiger partial charge in [0.1, 0.15) is 0 Å². The van der Waals surface area contributed by atoms with E-state index in [1.807, 2.05) is 0 Å². The van der Waals surface area contributed by atoms with Crippen LogP contribution in [0.1, 0.15) is 23.3 Å². The Labute approximate surface area is 61.4 Å². The molecule has 0 heterocycles. The van der Waals surface area contributed by atoms with Gasteiger partial charge >= 0.3 is 0 Å². The van der Waals surface area contributed by atoms with Crippen LogP contribution in [0.4, 0.5) is 0 Å². The third kappa shape index (κ3) is 3.12. The molecule has 0 aliphatic heterocycles. The maximum absolute atomic E-state index is 7.68. The van der Waals surface area contributed by atoms with Crippen molar-refractivity contribution in [3.8, 4) is 0 Å². The molecule has 0 radical (unpaired) electrons. The zero-order chi connectivity index (χ0) is 12.0. The average Bonchev–Trinajstić information content (AvgIpc) is 1.77. The molecule has 0 saturated heterocycles. The van der Waals surface area contributed by atoms with Crippen LogP contribution in [-0.2, 0) is 0 Å². The predicted octanol–water partition coefficient (Wildman–Crippen LogP) is 2.84. The molecule has 0 fully saturated rings. The quantitative estimate of drug-likeness (QED) is 0.391. The van der Waals surface area contributed by atoms with Crippen molar-refractivity contribution in [2.75, 3.05) is 0 Å². The maximum atomic E-state index is 7.68. The van der Waals surface area contributed by atoms with Crippen LogP contribution in [-0.4, -0.2) is 7.38 Å². The van der Waals surface area contributed by atoms with Crippen LogP contribution in [0.5, 0.6) is 0 Å². The summed E-state index contributed by atoms with van der Waals surface area (Å²) in [6.07, 6.45) is 0. The molecule has 0 atom stereocenters. The molecule has 0 rings (SSSR count). The molecule has 0 saturated carbocycles. The van der Waals surface area contributed by atoms with Crippen molar-refractivity contribution < 1.29 is 9.60 Å². The van der Waals surface area contributed by atoms with Crippen LogP contribution in [0.15, 0.2) is 0 Å². The molecule has 0 bridgehead atoms. The molecule has 0 spiro atoms. The summed E-state index contributed by atoms with van der Waals surface area (Å²) >= 11 is 5.84. The van der Waals surface area contributed by atoms with E-state index in [2.05, 4.69) is 0 Å². The minimum absolute atomic E-state index is 1.36. The van der Waals surface area contributed by atoms with E-state index in [4.69, 9.17) is 20.7 Å². The Kier molecular flexibility index (Phi) is 0.543. The van der Waals surface area contributed by atoms with Crippen LogP contribution in [0.25, 0.3) is 0 Å². The Balaban J connectivity index is 5.54.